The monoisotopic (exact) mass is 333 g/mol. The SMILES string of the molecule is COc1ccc(C)cc1CN[C@H](C)c1cccc(Br)c1. The molecule has 0 amide bonds. The summed E-state index contributed by atoms with van der Waals surface area (Å²) in [5.41, 5.74) is 3.71. The molecule has 0 radical (unpaired) electrons. The molecule has 20 heavy (non-hydrogen) atoms. The van der Waals surface area contributed by atoms with E-state index in [2.05, 4.69) is 65.4 Å². The highest BCUT2D eigenvalue weighted by Gasteiger charge is 2.08. The molecule has 0 spiro atoms. The number of halogens is 1. The van der Waals surface area contributed by atoms with Gasteiger partial charge in [0.05, 0.1) is 7.11 Å². The van der Waals surface area contributed by atoms with Crippen molar-refractivity contribution in [3.8, 4) is 5.75 Å². The Balaban J connectivity index is 2.06. The maximum absolute atomic E-state index is 5.41. The topological polar surface area (TPSA) is 21.3 Å². The predicted molar refractivity (Wildman–Crippen MR) is 87.1 cm³/mol. The van der Waals surface area contributed by atoms with Crippen LogP contribution in [0.3, 0.4) is 0 Å². The van der Waals surface area contributed by atoms with Gasteiger partial charge >= 0.3 is 0 Å². The second-order valence-electron chi connectivity index (χ2n) is 4.97. The van der Waals surface area contributed by atoms with Gasteiger partial charge in [-0.15, -0.1) is 0 Å². The van der Waals surface area contributed by atoms with Gasteiger partial charge in [-0.1, -0.05) is 45.8 Å². The fraction of sp³-hybridized carbons (Fsp3) is 0.294. The molecule has 2 rings (SSSR count). The van der Waals surface area contributed by atoms with Crippen LogP contribution in [0.25, 0.3) is 0 Å². The summed E-state index contributed by atoms with van der Waals surface area (Å²) >= 11 is 3.51. The van der Waals surface area contributed by atoms with E-state index in [0.717, 1.165) is 16.8 Å². The zero-order valence-corrected chi connectivity index (χ0v) is 13.7. The largest absolute Gasteiger partial charge is 0.496 e. The van der Waals surface area contributed by atoms with Crippen molar-refractivity contribution < 1.29 is 4.74 Å². The van der Waals surface area contributed by atoms with Crippen LogP contribution in [0.1, 0.15) is 29.7 Å². The fourth-order valence-corrected chi connectivity index (χ4v) is 2.62. The molecule has 106 valence electrons. The summed E-state index contributed by atoms with van der Waals surface area (Å²) < 4.78 is 6.52. The normalized spacial score (nSPS) is 12.2. The number of hydrogen-bond acceptors (Lipinski definition) is 2. The minimum Gasteiger partial charge on any atom is -0.496 e. The van der Waals surface area contributed by atoms with E-state index in [1.807, 2.05) is 12.1 Å². The lowest BCUT2D eigenvalue weighted by molar-refractivity contribution is 0.406. The molecule has 0 aliphatic carbocycles. The van der Waals surface area contributed by atoms with Crippen molar-refractivity contribution in [3.05, 3.63) is 63.6 Å². The molecule has 0 fully saturated rings. The van der Waals surface area contributed by atoms with Crippen molar-refractivity contribution in [2.75, 3.05) is 7.11 Å². The molecule has 2 aromatic carbocycles. The van der Waals surface area contributed by atoms with Gasteiger partial charge in [0.15, 0.2) is 0 Å². The van der Waals surface area contributed by atoms with E-state index in [-0.39, 0.29) is 6.04 Å². The van der Waals surface area contributed by atoms with E-state index >= 15 is 0 Å². The van der Waals surface area contributed by atoms with Crippen molar-refractivity contribution >= 4 is 15.9 Å². The van der Waals surface area contributed by atoms with Gasteiger partial charge in [-0.3, -0.25) is 0 Å². The summed E-state index contributed by atoms with van der Waals surface area (Å²) in [6.07, 6.45) is 0. The van der Waals surface area contributed by atoms with Gasteiger partial charge in [0.1, 0.15) is 5.75 Å². The number of ether oxygens (including phenoxy) is 1. The van der Waals surface area contributed by atoms with Crippen LogP contribution >= 0.6 is 15.9 Å². The highest BCUT2D eigenvalue weighted by molar-refractivity contribution is 9.10. The van der Waals surface area contributed by atoms with Gasteiger partial charge in [-0.2, -0.15) is 0 Å². The molecule has 0 heterocycles. The van der Waals surface area contributed by atoms with Crippen LogP contribution in [0.4, 0.5) is 0 Å². The first kappa shape index (κ1) is 15.1. The molecule has 0 aliphatic heterocycles. The van der Waals surface area contributed by atoms with Crippen LogP contribution in [0.5, 0.6) is 5.75 Å². The standard InChI is InChI=1S/C17H20BrNO/c1-12-7-8-17(20-3)15(9-12)11-19-13(2)14-5-4-6-16(18)10-14/h4-10,13,19H,11H2,1-3H3/t13-/m1/s1. The van der Waals surface area contributed by atoms with Crippen molar-refractivity contribution in [2.24, 2.45) is 0 Å². The number of rotatable bonds is 5. The Hall–Kier alpha value is -1.32. The summed E-state index contributed by atoms with van der Waals surface area (Å²) in [7, 11) is 1.71. The summed E-state index contributed by atoms with van der Waals surface area (Å²) in [4.78, 5) is 0. The smallest absolute Gasteiger partial charge is 0.123 e. The zero-order chi connectivity index (χ0) is 14.5. The Bertz CT molecular complexity index is 583. The predicted octanol–water partition coefficient (Wildman–Crippen LogP) is 4.62. The summed E-state index contributed by atoms with van der Waals surface area (Å²) in [6.45, 7) is 5.06. The van der Waals surface area contributed by atoms with Gasteiger partial charge in [-0.25, -0.2) is 0 Å². The number of benzene rings is 2. The summed E-state index contributed by atoms with van der Waals surface area (Å²) in [6, 6.07) is 14.9. The molecule has 0 unspecified atom stereocenters. The minimum absolute atomic E-state index is 0.290. The van der Waals surface area contributed by atoms with E-state index in [1.165, 1.54) is 16.7 Å². The number of aryl methyl sites for hydroxylation is 1. The van der Waals surface area contributed by atoms with Crippen molar-refractivity contribution in [1.82, 2.24) is 5.32 Å². The molecule has 0 bridgehead atoms. The first-order valence-corrected chi connectivity index (χ1v) is 7.52. The van der Waals surface area contributed by atoms with Gasteiger partial charge in [0, 0.05) is 22.6 Å². The lowest BCUT2D eigenvalue weighted by Gasteiger charge is -2.16. The van der Waals surface area contributed by atoms with Crippen LogP contribution in [-0.2, 0) is 6.54 Å². The quantitative estimate of drug-likeness (QED) is 0.862. The Morgan fingerprint density at radius 2 is 2.00 bits per heavy atom. The Morgan fingerprint density at radius 1 is 1.20 bits per heavy atom. The van der Waals surface area contributed by atoms with Crippen molar-refractivity contribution in [3.63, 3.8) is 0 Å². The molecule has 2 nitrogen and oxygen atoms in total. The Labute approximate surface area is 129 Å². The highest BCUT2D eigenvalue weighted by atomic mass is 79.9. The second-order valence-corrected chi connectivity index (χ2v) is 5.89. The lowest BCUT2D eigenvalue weighted by Crippen LogP contribution is -2.18. The van der Waals surface area contributed by atoms with E-state index < -0.39 is 0 Å². The zero-order valence-electron chi connectivity index (χ0n) is 12.1. The van der Waals surface area contributed by atoms with Gasteiger partial charge in [-0.05, 0) is 37.6 Å². The molecule has 0 aliphatic rings. The lowest BCUT2D eigenvalue weighted by atomic mass is 10.1. The first-order chi connectivity index (χ1) is 9.60. The van der Waals surface area contributed by atoms with E-state index in [9.17, 15) is 0 Å². The molecular weight excluding hydrogens is 314 g/mol. The van der Waals surface area contributed by atoms with E-state index in [4.69, 9.17) is 4.74 Å². The number of nitrogens with one attached hydrogen (secondary N) is 1. The molecule has 0 aromatic heterocycles. The number of hydrogen-bond donors (Lipinski definition) is 1. The van der Waals surface area contributed by atoms with Gasteiger partial charge < -0.3 is 10.1 Å². The first-order valence-electron chi connectivity index (χ1n) is 6.72. The van der Waals surface area contributed by atoms with Crippen LogP contribution in [0.15, 0.2) is 46.9 Å². The third-order valence-electron chi connectivity index (χ3n) is 3.38. The average Bonchev–Trinajstić information content (AvgIpc) is 2.45. The van der Waals surface area contributed by atoms with Crippen LogP contribution in [-0.4, -0.2) is 7.11 Å². The fourth-order valence-electron chi connectivity index (χ4n) is 2.20. The van der Waals surface area contributed by atoms with E-state index in [1.54, 1.807) is 7.11 Å². The Morgan fingerprint density at radius 3 is 2.70 bits per heavy atom. The number of methoxy groups -OCH3 is 1. The molecule has 2 aromatic rings. The van der Waals surface area contributed by atoms with E-state index in [0.29, 0.717) is 0 Å². The molecule has 3 heteroatoms. The minimum atomic E-state index is 0.290. The third kappa shape index (κ3) is 3.84. The summed E-state index contributed by atoms with van der Waals surface area (Å²) in [5, 5.41) is 3.54. The van der Waals surface area contributed by atoms with Crippen LogP contribution in [0, 0.1) is 6.92 Å². The average molecular weight is 334 g/mol. The van der Waals surface area contributed by atoms with Gasteiger partial charge in [0.25, 0.3) is 0 Å². The highest BCUT2D eigenvalue weighted by Crippen LogP contribution is 2.22. The maximum Gasteiger partial charge on any atom is 0.123 e. The molecule has 0 saturated heterocycles. The maximum atomic E-state index is 5.41. The molecular formula is C17H20BrNO. The third-order valence-corrected chi connectivity index (χ3v) is 3.88. The Kier molecular flexibility index (Phi) is 5.21. The molecule has 0 saturated carbocycles. The second kappa shape index (κ2) is 6.91. The van der Waals surface area contributed by atoms with Crippen molar-refractivity contribution in [2.45, 2.75) is 26.4 Å². The van der Waals surface area contributed by atoms with Crippen LogP contribution in [0.2, 0.25) is 0 Å². The van der Waals surface area contributed by atoms with Gasteiger partial charge in [0.2, 0.25) is 0 Å². The molecule has 1 N–H and O–H groups in total. The molecule has 1 atom stereocenters. The van der Waals surface area contributed by atoms with Crippen LogP contribution < -0.4 is 10.1 Å². The summed E-state index contributed by atoms with van der Waals surface area (Å²) in [5.74, 6) is 0.935. The van der Waals surface area contributed by atoms with Crippen molar-refractivity contribution in [1.29, 1.82) is 0 Å².